The van der Waals surface area contributed by atoms with Gasteiger partial charge in [0.1, 0.15) is 23.0 Å². The molecule has 0 unspecified atom stereocenters. The number of hydrogen-bond acceptors (Lipinski definition) is 7. The summed E-state index contributed by atoms with van der Waals surface area (Å²) in [5.41, 5.74) is 0.158. The quantitative estimate of drug-likeness (QED) is 0.441. The molecule has 0 aliphatic carbocycles. The molecule has 0 atom stereocenters. The summed E-state index contributed by atoms with van der Waals surface area (Å²) >= 11 is 0. The molecule has 1 aliphatic heterocycles. The van der Waals surface area contributed by atoms with Crippen molar-refractivity contribution in [3.63, 3.8) is 0 Å². The Labute approximate surface area is 176 Å². The Morgan fingerprint density at radius 1 is 1.10 bits per heavy atom. The number of hydrogen-bond donors (Lipinski definition) is 0. The van der Waals surface area contributed by atoms with Crippen molar-refractivity contribution in [1.82, 2.24) is 4.31 Å². The van der Waals surface area contributed by atoms with E-state index in [2.05, 4.69) is 0 Å². The van der Waals surface area contributed by atoms with Gasteiger partial charge in [0.2, 0.25) is 10.0 Å². The van der Waals surface area contributed by atoms with E-state index in [1.54, 1.807) is 43.3 Å². The van der Waals surface area contributed by atoms with Crippen molar-refractivity contribution in [1.29, 1.82) is 0 Å². The van der Waals surface area contributed by atoms with Crippen molar-refractivity contribution in [2.45, 2.75) is 17.7 Å². The monoisotopic (exact) mass is 435 g/mol. The van der Waals surface area contributed by atoms with Crippen LogP contribution in [-0.2, 0) is 10.0 Å². The lowest BCUT2D eigenvalue weighted by Gasteiger charge is -2.24. The minimum Gasteiger partial charge on any atom is -0.497 e. The second kappa shape index (κ2) is 9.31. The van der Waals surface area contributed by atoms with Crippen molar-refractivity contribution < 1.29 is 22.8 Å². The van der Waals surface area contributed by atoms with E-state index in [0.29, 0.717) is 37.7 Å². The number of nitrogens with zero attached hydrogens (tertiary/aromatic N) is 3. The first-order chi connectivity index (χ1) is 14.3. The molecule has 0 N–H and O–H groups in total. The molecule has 162 valence electrons. The van der Waals surface area contributed by atoms with Crippen LogP contribution in [0.25, 0.3) is 0 Å². The van der Waals surface area contributed by atoms with Crippen molar-refractivity contribution in [3.05, 3.63) is 52.6 Å². The van der Waals surface area contributed by atoms with Crippen molar-refractivity contribution in [2.24, 2.45) is 0 Å². The van der Waals surface area contributed by atoms with Gasteiger partial charge in [-0.05, 0) is 43.2 Å². The van der Waals surface area contributed by atoms with Gasteiger partial charge in [-0.25, -0.2) is 8.42 Å². The topological polar surface area (TPSA) is 102 Å². The summed E-state index contributed by atoms with van der Waals surface area (Å²) < 4.78 is 38.5. The van der Waals surface area contributed by atoms with E-state index in [1.807, 2.05) is 0 Å². The summed E-state index contributed by atoms with van der Waals surface area (Å²) in [6.07, 6.45) is 1.57. The number of sulfonamides is 1. The first-order valence-electron chi connectivity index (χ1n) is 9.59. The number of ether oxygens (including phenoxy) is 2. The fraction of sp³-hybridized carbons (Fsp3) is 0.400. The lowest BCUT2D eigenvalue weighted by atomic mass is 10.2. The minimum atomic E-state index is -3.82. The molecular weight excluding hydrogens is 410 g/mol. The van der Waals surface area contributed by atoms with E-state index in [-0.39, 0.29) is 10.6 Å². The standard InChI is InChI=1S/C20H25N3O6S/c1-21(13-14-29-18-8-6-17(28-2)7-9-18)19-10-5-16(23(24)25)15-20(19)30(26,27)22-11-3-4-12-22/h5-10,15H,3-4,11-14H2,1-2H3. The molecule has 0 saturated carbocycles. The second-order valence-electron chi connectivity index (χ2n) is 6.97. The Morgan fingerprint density at radius 3 is 2.33 bits per heavy atom. The molecule has 1 fully saturated rings. The summed E-state index contributed by atoms with van der Waals surface area (Å²) in [5.74, 6) is 1.39. The maximum atomic E-state index is 13.1. The van der Waals surface area contributed by atoms with E-state index in [0.717, 1.165) is 24.7 Å². The zero-order chi connectivity index (χ0) is 21.7. The summed E-state index contributed by atoms with van der Waals surface area (Å²) in [7, 11) is -0.499. The van der Waals surface area contributed by atoms with E-state index in [9.17, 15) is 18.5 Å². The molecule has 9 nitrogen and oxygen atoms in total. The van der Waals surface area contributed by atoms with Crippen LogP contribution in [-0.4, -0.2) is 58.0 Å². The molecule has 0 aromatic heterocycles. The van der Waals surface area contributed by atoms with E-state index in [4.69, 9.17) is 9.47 Å². The van der Waals surface area contributed by atoms with Crippen LogP contribution in [0.4, 0.5) is 11.4 Å². The number of non-ortho nitro benzene ring substituents is 1. The van der Waals surface area contributed by atoms with Crippen LogP contribution in [0.3, 0.4) is 0 Å². The van der Waals surface area contributed by atoms with Gasteiger partial charge in [-0.1, -0.05) is 0 Å². The molecule has 0 radical (unpaired) electrons. The second-order valence-corrected chi connectivity index (χ2v) is 8.87. The first-order valence-corrected chi connectivity index (χ1v) is 11.0. The Bertz CT molecular complexity index is 988. The molecule has 1 heterocycles. The summed E-state index contributed by atoms with van der Waals surface area (Å²) in [5, 5.41) is 11.2. The van der Waals surface area contributed by atoms with E-state index in [1.165, 1.54) is 16.4 Å². The fourth-order valence-corrected chi connectivity index (χ4v) is 5.07. The van der Waals surface area contributed by atoms with Crippen LogP contribution >= 0.6 is 0 Å². The predicted octanol–water partition coefficient (Wildman–Crippen LogP) is 2.90. The van der Waals surface area contributed by atoms with Crippen LogP contribution in [0.1, 0.15) is 12.8 Å². The predicted molar refractivity (Wildman–Crippen MR) is 113 cm³/mol. The number of methoxy groups -OCH3 is 1. The zero-order valence-electron chi connectivity index (χ0n) is 17.0. The van der Waals surface area contributed by atoms with E-state index < -0.39 is 14.9 Å². The zero-order valence-corrected chi connectivity index (χ0v) is 17.8. The van der Waals surface area contributed by atoms with Gasteiger partial charge in [0.15, 0.2) is 0 Å². The van der Waals surface area contributed by atoms with Gasteiger partial charge < -0.3 is 14.4 Å². The van der Waals surface area contributed by atoms with Gasteiger partial charge in [-0.15, -0.1) is 0 Å². The highest BCUT2D eigenvalue weighted by Crippen LogP contribution is 2.32. The normalized spacial score (nSPS) is 14.5. The van der Waals surface area contributed by atoms with E-state index >= 15 is 0 Å². The summed E-state index contributed by atoms with van der Waals surface area (Å²) in [6, 6.07) is 11.1. The summed E-state index contributed by atoms with van der Waals surface area (Å²) in [6.45, 7) is 1.55. The van der Waals surface area contributed by atoms with Crippen molar-refractivity contribution in [2.75, 3.05) is 45.3 Å². The third-order valence-corrected chi connectivity index (χ3v) is 6.93. The smallest absolute Gasteiger partial charge is 0.270 e. The average Bonchev–Trinajstić information content (AvgIpc) is 3.29. The third-order valence-electron chi connectivity index (χ3n) is 5.00. The van der Waals surface area contributed by atoms with Crippen LogP contribution < -0.4 is 14.4 Å². The van der Waals surface area contributed by atoms with Crippen LogP contribution in [0.5, 0.6) is 11.5 Å². The molecule has 1 saturated heterocycles. The maximum absolute atomic E-state index is 13.1. The van der Waals surface area contributed by atoms with Crippen LogP contribution in [0, 0.1) is 10.1 Å². The first kappa shape index (κ1) is 21.8. The van der Waals surface area contributed by atoms with Gasteiger partial charge in [-0.3, -0.25) is 10.1 Å². The lowest BCUT2D eigenvalue weighted by Crippen LogP contribution is -2.31. The molecule has 0 amide bonds. The molecule has 30 heavy (non-hydrogen) atoms. The SMILES string of the molecule is COc1ccc(OCCN(C)c2ccc([N+](=O)[O-])cc2S(=O)(=O)N2CCCC2)cc1. The largest absolute Gasteiger partial charge is 0.497 e. The van der Waals surface area contributed by atoms with Gasteiger partial charge in [0.25, 0.3) is 5.69 Å². The van der Waals surface area contributed by atoms with Gasteiger partial charge in [-0.2, -0.15) is 4.31 Å². The molecule has 3 rings (SSSR count). The van der Waals surface area contributed by atoms with Gasteiger partial charge in [0.05, 0.1) is 24.3 Å². The Kier molecular flexibility index (Phi) is 6.78. The fourth-order valence-electron chi connectivity index (χ4n) is 3.30. The lowest BCUT2D eigenvalue weighted by molar-refractivity contribution is -0.385. The van der Waals surface area contributed by atoms with Gasteiger partial charge in [0, 0.05) is 32.3 Å². The minimum absolute atomic E-state index is 0.0504. The van der Waals surface area contributed by atoms with Crippen LogP contribution in [0.2, 0.25) is 0 Å². The molecule has 0 bridgehead atoms. The van der Waals surface area contributed by atoms with Crippen molar-refractivity contribution in [3.8, 4) is 11.5 Å². The highest BCUT2D eigenvalue weighted by molar-refractivity contribution is 7.89. The maximum Gasteiger partial charge on any atom is 0.270 e. The molecule has 0 spiro atoms. The number of benzene rings is 2. The molecule has 10 heteroatoms. The van der Waals surface area contributed by atoms with Gasteiger partial charge >= 0.3 is 0 Å². The summed E-state index contributed by atoms with van der Waals surface area (Å²) in [4.78, 5) is 12.3. The average molecular weight is 436 g/mol. The Morgan fingerprint density at radius 2 is 1.73 bits per heavy atom. The number of nitro benzene ring substituents is 1. The highest BCUT2D eigenvalue weighted by Gasteiger charge is 2.31. The molecule has 2 aromatic carbocycles. The molecule has 2 aromatic rings. The van der Waals surface area contributed by atoms with Crippen LogP contribution in [0.15, 0.2) is 47.4 Å². The number of nitro groups is 1. The third kappa shape index (κ3) is 4.82. The number of likely N-dealkylation sites (N-methyl/N-ethyl adjacent to an activating group) is 1. The molecular formula is C20H25N3O6S. The Balaban J connectivity index is 1.78. The molecule has 1 aliphatic rings. The number of rotatable bonds is 9. The van der Waals surface area contributed by atoms with Crippen molar-refractivity contribution >= 4 is 21.4 Å². The number of anilines is 1. The Hall–Kier alpha value is -2.85. The highest BCUT2D eigenvalue weighted by atomic mass is 32.2.